The Labute approximate surface area is 119 Å². The SMILES string of the molecule is COc1ccc(Cl)c(NC(=O)C(C)(C)C(C)(C)N)c1. The van der Waals surface area contributed by atoms with E-state index >= 15 is 0 Å². The van der Waals surface area contributed by atoms with E-state index in [4.69, 9.17) is 22.1 Å². The van der Waals surface area contributed by atoms with Gasteiger partial charge in [-0.3, -0.25) is 4.79 Å². The van der Waals surface area contributed by atoms with Gasteiger partial charge in [-0.05, 0) is 39.8 Å². The van der Waals surface area contributed by atoms with Crippen LogP contribution < -0.4 is 15.8 Å². The molecule has 4 nitrogen and oxygen atoms in total. The number of nitrogens with one attached hydrogen (secondary N) is 1. The molecule has 0 unspecified atom stereocenters. The fraction of sp³-hybridized carbons (Fsp3) is 0.500. The highest BCUT2D eigenvalue weighted by molar-refractivity contribution is 6.33. The van der Waals surface area contributed by atoms with Crippen molar-refractivity contribution in [3.05, 3.63) is 23.2 Å². The van der Waals surface area contributed by atoms with Gasteiger partial charge >= 0.3 is 0 Å². The highest BCUT2D eigenvalue weighted by atomic mass is 35.5. The molecule has 106 valence electrons. The van der Waals surface area contributed by atoms with Crippen molar-refractivity contribution in [3.8, 4) is 5.75 Å². The number of carbonyl (C=O) groups excluding carboxylic acids is 1. The molecule has 1 aromatic carbocycles. The zero-order valence-electron chi connectivity index (χ0n) is 12.0. The van der Waals surface area contributed by atoms with Gasteiger partial charge in [-0.15, -0.1) is 0 Å². The second kappa shape index (κ2) is 5.39. The summed E-state index contributed by atoms with van der Waals surface area (Å²) >= 11 is 6.06. The number of hydrogen-bond acceptors (Lipinski definition) is 3. The Morgan fingerprint density at radius 1 is 1.32 bits per heavy atom. The summed E-state index contributed by atoms with van der Waals surface area (Å²) in [6.07, 6.45) is 0. The molecule has 0 aliphatic heterocycles. The molecule has 0 bridgehead atoms. The molecule has 1 amide bonds. The number of nitrogens with two attached hydrogens (primary N) is 1. The van der Waals surface area contributed by atoms with Gasteiger partial charge in [0, 0.05) is 11.6 Å². The number of halogens is 1. The number of ether oxygens (including phenoxy) is 1. The van der Waals surface area contributed by atoms with Crippen molar-refractivity contribution in [2.75, 3.05) is 12.4 Å². The fourth-order valence-corrected chi connectivity index (χ4v) is 1.46. The molecule has 0 saturated carbocycles. The number of rotatable bonds is 4. The molecular formula is C14H21ClN2O2. The number of carbonyl (C=O) groups is 1. The lowest BCUT2D eigenvalue weighted by Crippen LogP contribution is -2.53. The van der Waals surface area contributed by atoms with Crippen LogP contribution in [0.3, 0.4) is 0 Å². The molecule has 0 radical (unpaired) electrons. The molecule has 19 heavy (non-hydrogen) atoms. The van der Waals surface area contributed by atoms with Gasteiger partial charge in [0.2, 0.25) is 5.91 Å². The standard InChI is InChI=1S/C14H21ClN2O2/c1-13(2,14(3,4)16)12(18)17-11-8-9(19-5)6-7-10(11)15/h6-8H,16H2,1-5H3,(H,17,18). The van der Waals surface area contributed by atoms with Gasteiger partial charge in [0.15, 0.2) is 0 Å². The number of methoxy groups -OCH3 is 1. The highest BCUT2D eigenvalue weighted by Gasteiger charge is 2.40. The van der Waals surface area contributed by atoms with Crippen LogP contribution in [0, 0.1) is 5.41 Å². The van der Waals surface area contributed by atoms with Crippen LogP contribution in [0.5, 0.6) is 5.75 Å². The molecule has 0 fully saturated rings. The molecule has 1 aromatic rings. The van der Waals surface area contributed by atoms with E-state index < -0.39 is 11.0 Å². The molecule has 0 aromatic heterocycles. The molecule has 0 atom stereocenters. The largest absolute Gasteiger partial charge is 0.497 e. The average molecular weight is 285 g/mol. The van der Waals surface area contributed by atoms with Gasteiger partial charge < -0.3 is 15.8 Å². The second-order valence-electron chi connectivity index (χ2n) is 5.65. The monoisotopic (exact) mass is 284 g/mol. The predicted molar refractivity (Wildman–Crippen MR) is 78.7 cm³/mol. The van der Waals surface area contributed by atoms with Crippen LogP contribution in [-0.2, 0) is 4.79 Å². The van der Waals surface area contributed by atoms with E-state index in [0.29, 0.717) is 16.5 Å². The summed E-state index contributed by atoms with van der Waals surface area (Å²) in [5.74, 6) is 0.444. The maximum atomic E-state index is 12.3. The van der Waals surface area contributed by atoms with Crippen molar-refractivity contribution >= 4 is 23.2 Å². The van der Waals surface area contributed by atoms with Crippen molar-refractivity contribution in [1.29, 1.82) is 0 Å². The molecule has 0 aliphatic rings. The van der Waals surface area contributed by atoms with Crippen molar-refractivity contribution in [3.63, 3.8) is 0 Å². The molecule has 1 rings (SSSR count). The quantitative estimate of drug-likeness (QED) is 0.893. The first-order valence-electron chi connectivity index (χ1n) is 6.03. The van der Waals surface area contributed by atoms with Crippen LogP contribution in [0.1, 0.15) is 27.7 Å². The number of benzene rings is 1. The van der Waals surface area contributed by atoms with Crippen molar-refractivity contribution in [2.45, 2.75) is 33.2 Å². The smallest absolute Gasteiger partial charge is 0.231 e. The minimum absolute atomic E-state index is 0.185. The summed E-state index contributed by atoms with van der Waals surface area (Å²) in [4.78, 5) is 12.3. The van der Waals surface area contributed by atoms with Crippen molar-refractivity contribution < 1.29 is 9.53 Å². The number of hydrogen-bond donors (Lipinski definition) is 2. The van der Waals surface area contributed by atoms with Crippen LogP contribution >= 0.6 is 11.6 Å². The predicted octanol–water partition coefficient (Wildman–Crippen LogP) is 3.05. The maximum absolute atomic E-state index is 12.3. The van der Waals surface area contributed by atoms with Crippen LogP contribution in [0.15, 0.2) is 18.2 Å². The normalized spacial score (nSPS) is 12.2. The first-order chi connectivity index (χ1) is 8.59. The Kier molecular flexibility index (Phi) is 4.48. The van der Waals surface area contributed by atoms with Gasteiger partial charge in [0.25, 0.3) is 0 Å². The van der Waals surface area contributed by atoms with Crippen LogP contribution in [0.2, 0.25) is 5.02 Å². The van der Waals surface area contributed by atoms with Crippen LogP contribution in [0.25, 0.3) is 0 Å². The second-order valence-corrected chi connectivity index (χ2v) is 6.05. The third-order valence-corrected chi connectivity index (χ3v) is 3.93. The third-order valence-electron chi connectivity index (χ3n) is 3.60. The lowest BCUT2D eigenvalue weighted by atomic mass is 9.74. The van der Waals surface area contributed by atoms with Gasteiger partial charge in [-0.1, -0.05) is 11.6 Å². The first kappa shape index (κ1) is 15.8. The number of anilines is 1. The van der Waals surface area contributed by atoms with E-state index in [1.165, 1.54) is 0 Å². The fourth-order valence-electron chi connectivity index (χ4n) is 1.30. The molecule has 0 aliphatic carbocycles. The lowest BCUT2D eigenvalue weighted by Gasteiger charge is -2.36. The molecule has 0 heterocycles. The van der Waals surface area contributed by atoms with E-state index in [9.17, 15) is 4.79 Å². The van der Waals surface area contributed by atoms with E-state index in [-0.39, 0.29) is 5.91 Å². The molecule has 5 heteroatoms. The molecule has 3 N–H and O–H groups in total. The van der Waals surface area contributed by atoms with Crippen LogP contribution in [-0.4, -0.2) is 18.6 Å². The maximum Gasteiger partial charge on any atom is 0.231 e. The van der Waals surface area contributed by atoms with Crippen molar-refractivity contribution in [2.24, 2.45) is 11.1 Å². The summed E-state index contributed by atoms with van der Waals surface area (Å²) in [5.41, 5.74) is 5.17. The Balaban J connectivity index is 3.00. The molecule has 0 saturated heterocycles. The average Bonchev–Trinajstić information content (AvgIpc) is 2.30. The summed E-state index contributed by atoms with van der Waals surface area (Å²) in [6.45, 7) is 7.24. The van der Waals surface area contributed by atoms with Gasteiger partial charge in [0.05, 0.1) is 23.2 Å². The summed E-state index contributed by atoms with van der Waals surface area (Å²) < 4.78 is 5.11. The van der Waals surface area contributed by atoms with Gasteiger partial charge in [-0.2, -0.15) is 0 Å². The number of amides is 1. The van der Waals surface area contributed by atoms with Gasteiger partial charge in [-0.25, -0.2) is 0 Å². The summed E-state index contributed by atoms with van der Waals surface area (Å²) in [5, 5.41) is 3.26. The first-order valence-corrected chi connectivity index (χ1v) is 6.41. The lowest BCUT2D eigenvalue weighted by molar-refractivity contribution is -0.126. The Morgan fingerprint density at radius 3 is 2.37 bits per heavy atom. The third kappa shape index (κ3) is 3.39. The Morgan fingerprint density at radius 2 is 1.89 bits per heavy atom. The van der Waals surface area contributed by atoms with Crippen LogP contribution in [0.4, 0.5) is 5.69 Å². The van der Waals surface area contributed by atoms with E-state index in [2.05, 4.69) is 5.32 Å². The Bertz CT molecular complexity index is 479. The zero-order valence-corrected chi connectivity index (χ0v) is 12.8. The van der Waals surface area contributed by atoms with E-state index in [1.807, 2.05) is 13.8 Å². The van der Waals surface area contributed by atoms with E-state index in [0.717, 1.165) is 0 Å². The minimum Gasteiger partial charge on any atom is -0.497 e. The summed E-state index contributed by atoms with van der Waals surface area (Å²) in [6, 6.07) is 5.09. The van der Waals surface area contributed by atoms with E-state index in [1.54, 1.807) is 39.2 Å². The molecule has 0 spiro atoms. The molecular weight excluding hydrogens is 264 g/mol. The highest BCUT2D eigenvalue weighted by Crippen LogP contribution is 2.32. The Hall–Kier alpha value is -1.26. The minimum atomic E-state index is -0.737. The summed E-state index contributed by atoms with van der Waals surface area (Å²) in [7, 11) is 1.56. The van der Waals surface area contributed by atoms with Crippen molar-refractivity contribution in [1.82, 2.24) is 0 Å². The van der Waals surface area contributed by atoms with Gasteiger partial charge in [0.1, 0.15) is 5.75 Å². The zero-order chi connectivity index (χ0) is 14.8. The topological polar surface area (TPSA) is 64.3 Å².